The Morgan fingerprint density at radius 2 is 1.85 bits per heavy atom. The molecular formula is C21H27N5O. The van der Waals surface area contributed by atoms with Gasteiger partial charge in [0.05, 0.1) is 11.6 Å². The van der Waals surface area contributed by atoms with Gasteiger partial charge in [0.15, 0.2) is 0 Å². The average Bonchev–Trinajstić information content (AvgIpc) is 3.13. The summed E-state index contributed by atoms with van der Waals surface area (Å²) in [5.74, 6) is -0.0870. The fourth-order valence-electron chi connectivity index (χ4n) is 3.44. The van der Waals surface area contributed by atoms with Gasteiger partial charge in [-0.3, -0.25) is 9.69 Å². The number of hydrogen-bond donors (Lipinski definition) is 1. The van der Waals surface area contributed by atoms with Gasteiger partial charge in [0.1, 0.15) is 5.52 Å². The van der Waals surface area contributed by atoms with E-state index in [2.05, 4.69) is 46.5 Å². The van der Waals surface area contributed by atoms with Crippen LogP contribution in [-0.2, 0) is 6.54 Å². The van der Waals surface area contributed by atoms with Crippen LogP contribution >= 0.6 is 0 Å². The maximum absolute atomic E-state index is 12.7. The predicted octanol–water partition coefficient (Wildman–Crippen LogP) is 3.26. The van der Waals surface area contributed by atoms with Crippen LogP contribution in [0.15, 0.2) is 48.5 Å². The van der Waals surface area contributed by atoms with Crippen LogP contribution in [-0.4, -0.2) is 45.4 Å². The number of likely N-dealkylation sites (N-methyl/N-ethyl adjacent to an activating group) is 1. The molecule has 3 aromatic rings. The minimum atomic E-state index is -0.0870. The van der Waals surface area contributed by atoms with Crippen molar-refractivity contribution in [3.8, 4) is 0 Å². The molecule has 2 aromatic carbocycles. The molecule has 142 valence electrons. The number of carbonyl (C=O) groups is 1. The second-order valence-corrected chi connectivity index (χ2v) is 6.47. The molecule has 0 spiro atoms. The molecule has 0 aliphatic carbocycles. The Balaban J connectivity index is 1.75. The van der Waals surface area contributed by atoms with Crippen LogP contribution in [0.25, 0.3) is 11.0 Å². The molecule has 0 fully saturated rings. The number of benzene rings is 2. The number of carbonyl (C=O) groups excluding carboxylic acids is 1. The topological polar surface area (TPSA) is 63.1 Å². The van der Waals surface area contributed by atoms with Crippen molar-refractivity contribution in [3.63, 3.8) is 0 Å². The Morgan fingerprint density at radius 3 is 2.52 bits per heavy atom. The van der Waals surface area contributed by atoms with Crippen molar-refractivity contribution in [2.45, 2.75) is 33.4 Å². The first-order valence-electron chi connectivity index (χ1n) is 9.58. The van der Waals surface area contributed by atoms with E-state index >= 15 is 0 Å². The molecule has 0 aliphatic rings. The van der Waals surface area contributed by atoms with Gasteiger partial charge in [0.2, 0.25) is 0 Å². The van der Waals surface area contributed by atoms with E-state index in [0.29, 0.717) is 12.1 Å². The second kappa shape index (κ2) is 8.77. The van der Waals surface area contributed by atoms with Crippen LogP contribution in [0.2, 0.25) is 0 Å². The third-order valence-corrected chi connectivity index (χ3v) is 4.97. The molecule has 1 heterocycles. The SMILES string of the molecule is CCN(CC)C(CNC(=O)c1ccc2c(c1)nnn2CC)c1ccccc1. The lowest BCUT2D eigenvalue weighted by Gasteiger charge is -2.30. The van der Waals surface area contributed by atoms with Crippen molar-refractivity contribution in [3.05, 3.63) is 59.7 Å². The van der Waals surface area contributed by atoms with Crippen molar-refractivity contribution >= 4 is 16.9 Å². The quantitative estimate of drug-likeness (QED) is 0.665. The van der Waals surface area contributed by atoms with Crippen LogP contribution in [0, 0.1) is 0 Å². The highest BCUT2D eigenvalue weighted by Crippen LogP contribution is 2.20. The number of aryl methyl sites for hydroxylation is 1. The molecule has 0 saturated carbocycles. The molecule has 1 atom stereocenters. The van der Waals surface area contributed by atoms with Crippen molar-refractivity contribution < 1.29 is 4.79 Å². The highest BCUT2D eigenvalue weighted by atomic mass is 16.1. The van der Waals surface area contributed by atoms with Gasteiger partial charge in [0, 0.05) is 18.7 Å². The zero-order valence-electron chi connectivity index (χ0n) is 16.2. The van der Waals surface area contributed by atoms with E-state index in [0.717, 1.165) is 30.7 Å². The first-order valence-corrected chi connectivity index (χ1v) is 9.58. The summed E-state index contributed by atoms with van der Waals surface area (Å²) in [4.78, 5) is 15.1. The summed E-state index contributed by atoms with van der Waals surface area (Å²) in [5.41, 5.74) is 3.51. The van der Waals surface area contributed by atoms with Gasteiger partial charge in [-0.05, 0) is 43.8 Å². The zero-order valence-corrected chi connectivity index (χ0v) is 16.2. The molecule has 1 N–H and O–H groups in total. The van der Waals surface area contributed by atoms with Crippen LogP contribution < -0.4 is 5.32 Å². The predicted molar refractivity (Wildman–Crippen MR) is 108 cm³/mol. The van der Waals surface area contributed by atoms with Crippen LogP contribution in [0.5, 0.6) is 0 Å². The smallest absolute Gasteiger partial charge is 0.251 e. The van der Waals surface area contributed by atoms with Crippen molar-refractivity contribution in [1.29, 1.82) is 0 Å². The Kier molecular flexibility index (Phi) is 6.19. The largest absolute Gasteiger partial charge is 0.350 e. The summed E-state index contributed by atoms with van der Waals surface area (Å²) >= 11 is 0. The third kappa shape index (κ3) is 4.17. The minimum absolute atomic E-state index is 0.0870. The van der Waals surface area contributed by atoms with Crippen molar-refractivity contribution in [1.82, 2.24) is 25.2 Å². The van der Waals surface area contributed by atoms with E-state index in [1.165, 1.54) is 5.56 Å². The monoisotopic (exact) mass is 365 g/mol. The molecule has 0 bridgehead atoms. The number of fused-ring (bicyclic) bond motifs is 1. The van der Waals surface area contributed by atoms with Gasteiger partial charge in [-0.15, -0.1) is 5.10 Å². The molecule has 6 heteroatoms. The lowest BCUT2D eigenvalue weighted by molar-refractivity contribution is 0.0935. The normalized spacial score (nSPS) is 12.4. The number of nitrogens with one attached hydrogen (secondary N) is 1. The van der Waals surface area contributed by atoms with Gasteiger partial charge >= 0.3 is 0 Å². The van der Waals surface area contributed by atoms with E-state index in [9.17, 15) is 4.79 Å². The maximum Gasteiger partial charge on any atom is 0.251 e. The molecule has 0 saturated heterocycles. The standard InChI is InChI=1S/C21H27N5O/c1-4-25(5-2)20(16-10-8-7-9-11-16)15-22-21(27)17-12-13-19-18(14-17)23-24-26(19)6-3/h7-14,20H,4-6,15H2,1-3H3,(H,22,27). The lowest BCUT2D eigenvalue weighted by Crippen LogP contribution is -2.38. The third-order valence-electron chi connectivity index (χ3n) is 4.97. The van der Waals surface area contributed by atoms with Gasteiger partial charge in [0.25, 0.3) is 5.91 Å². The van der Waals surface area contributed by atoms with Gasteiger partial charge < -0.3 is 5.32 Å². The van der Waals surface area contributed by atoms with Crippen LogP contribution in [0.1, 0.15) is 42.7 Å². The summed E-state index contributed by atoms with van der Waals surface area (Å²) in [6, 6.07) is 16.0. The molecule has 27 heavy (non-hydrogen) atoms. The second-order valence-electron chi connectivity index (χ2n) is 6.47. The van der Waals surface area contributed by atoms with E-state index < -0.39 is 0 Å². The lowest BCUT2D eigenvalue weighted by atomic mass is 10.0. The van der Waals surface area contributed by atoms with Crippen LogP contribution in [0.3, 0.4) is 0 Å². The number of hydrogen-bond acceptors (Lipinski definition) is 4. The Morgan fingerprint density at radius 1 is 1.11 bits per heavy atom. The fraction of sp³-hybridized carbons (Fsp3) is 0.381. The summed E-state index contributed by atoms with van der Waals surface area (Å²) in [6.45, 7) is 9.48. The van der Waals surface area contributed by atoms with Gasteiger partial charge in [-0.2, -0.15) is 0 Å². The average molecular weight is 365 g/mol. The van der Waals surface area contributed by atoms with Gasteiger partial charge in [-0.1, -0.05) is 49.4 Å². The fourth-order valence-corrected chi connectivity index (χ4v) is 3.44. The highest BCUT2D eigenvalue weighted by Gasteiger charge is 2.19. The van der Waals surface area contributed by atoms with E-state index in [-0.39, 0.29) is 11.9 Å². The van der Waals surface area contributed by atoms with Crippen molar-refractivity contribution in [2.75, 3.05) is 19.6 Å². The number of amides is 1. The Labute approximate surface area is 160 Å². The first-order chi connectivity index (χ1) is 13.2. The van der Waals surface area contributed by atoms with E-state index in [4.69, 9.17) is 0 Å². The number of rotatable bonds is 8. The number of nitrogens with zero attached hydrogens (tertiary/aromatic N) is 4. The summed E-state index contributed by atoms with van der Waals surface area (Å²) < 4.78 is 1.82. The molecule has 0 radical (unpaired) electrons. The Bertz CT molecular complexity index is 886. The van der Waals surface area contributed by atoms with E-state index in [1.807, 2.05) is 41.9 Å². The van der Waals surface area contributed by atoms with Crippen LogP contribution in [0.4, 0.5) is 0 Å². The molecule has 1 amide bonds. The summed E-state index contributed by atoms with van der Waals surface area (Å²) in [7, 11) is 0. The number of aromatic nitrogens is 3. The van der Waals surface area contributed by atoms with E-state index in [1.54, 1.807) is 6.07 Å². The highest BCUT2D eigenvalue weighted by molar-refractivity contribution is 5.97. The Hall–Kier alpha value is -2.73. The van der Waals surface area contributed by atoms with Crippen molar-refractivity contribution in [2.24, 2.45) is 0 Å². The minimum Gasteiger partial charge on any atom is -0.350 e. The molecule has 1 unspecified atom stereocenters. The summed E-state index contributed by atoms with van der Waals surface area (Å²) in [6.07, 6.45) is 0. The summed E-state index contributed by atoms with van der Waals surface area (Å²) in [5, 5.41) is 11.4. The maximum atomic E-state index is 12.7. The molecule has 6 nitrogen and oxygen atoms in total. The first kappa shape index (κ1) is 19.0. The zero-order chi connectivity index (χ0) is 19.2. The molecular weight excluding hydrogens is 338 g/mol. The van der Waals surface area contributed by atoms with Gasteiger partial charge in [-0.25, -0.2) is 4.68 Å². The molecule has 1 aromatic heterocycles. The molecule has 3 rings (SSSR count). The molecule has 0 aliphatic heterocycles.